The van der Waals surface area contributed by atoms with Gasteiger partial charge in [0, 0.05) is 26.2 Å². The molecule has 0 bridgehead atoms. The summed E-state index contributed by atoms with van der Waals surface area (Å²) >= 11 is 0. The van der Waals surface area contributed by atoms with Gasteiger partial charge in [0.15, 0.2) is 0 Å². The Morgan fingerprint density at radius 3 is 2.38 bits per heavy atom. The van der Waals surface area contributed by atoms with Crippen molar-refractivity contribution in [2.24, 2.45) is 0 Å². The van der Waals surface area contributed by atoms with Gasteiger partial charge in [-0.15, -0.1) is 0 Å². The van der Waals surface area contributed by atoms with Crippen LogP contribution in [-0.2, 0) is 19.3 Å². The molecule has 0 aliphatic carbocycles. The van der Waals surface area contributed by atoms with E-state index in [4.69, 9.17) is 0 Å². The summed E-state index contributed by atoms with van der Waals surface area (Å²) in [6, 6.07) is 14.5. The van der Waals surface area contributed by atoms with Crippen LogP contribution in [0.2, 0.25) is 0 Å². The molecule has 0 aliphatic heterocycles. The van der Waals surface area contributed by atoms with E-state index in [0.29, 0.717) is 18.7 Å². The fourth-order valence-electron chi connectivity index (χ4n) is 2.44. The zero-order valence-electron chi connectivity index (χ0n) is 14.5. The average Bonchev–Trinajstić information content (AvgIpc) is 2.60. The summed E-state index contributed by atoms with van der Waals surface area (Å²) in [5, 5.41) is 5.27. The Morgan fingerprint density at radius 1 is 1.00 bits per heavy atom. The van der Waals surface area contributed by atoms with Crippen molar-refractivity contribution in [3.05, 3.63) is 71.3 Å². The van der Waals surface area contributed by atoms with Gasteiger partial charge < -0.3 is 15.5 Å². The molecule has 0 spiro atoms. The number of hydrogen-bond acceptors (Lipinski definition) is 2. The van der Waals surface area contributed by atoms with Crippen molar-refractivity contribution in [1.82, 2.24) is 15.5 Å². The van der Waals surface area contributed by atoms with Crippen molar-refractivity contribution in [2.45, 2.75) is 19.3 Å². The van der Waals surface area contributed by atoms with E-state index in [1.165, 1.54) is 11.6 Å². The Hall–Kier alpha value is -2.54. The van der Waals surface area contributed by atoms with Crippen LogP contribution in [0.25, 0.3) is 0 Å². The minimum absolute atomic E-state index is 0.0373. The zero-order valence-corrected chi connectivity index (χ0v) is 14.5. The summed E-state index contributed by atoms with van der Waals surface area (Å²) in [6.07, 6.45) is -4.39. The smallest absolute Gasteiger partial charge is 0.337 e. The predicted octanol–water partition coefficient (Wildman–Crippen LogP) is 3.64. The largest absolute Gasteiger partial charge is 0.416 e. The highest BCUT2D eigenvalue weighted by atomic mass is 19.4. The number of nitrogens with one attached hydrogen (secondary N) is 2. The van der Waals surface area contributed by atoms with Crippen molar-refractivity contribution in [2.75, 3.05) is 20.1 Å². The molecule has 2 aromatic carbocycles. The fourth-order valence-corrected chi connectivity index (χ4v) is 2.44. The molecule has 0 radical (unpaired) electrons. The number of likely N-dealkylation sites (N-methyl/N-ethyl adjacent to an activating group) is 1. The van der Waals surface area contributed by atoms with Gasteiger partial charge in [-0.05, 0) is 30.3 Å². The van der Waals surface area contributed by atoms with Crippen molar-refractivity contribution in [3.8, 4) is 0 Å². The number of benzene rings is 2. The highest BCUT2D eigenvalue weighted by Crippen LogP contribution is 2.29. The minimum atomic E-state index is -4.39. The Bertz CT molecular complexity index is 705. The van der Waals surface area contributed by atoms with Crippen molar-refractivity contribution >= 4 is 6.03 Å². The Balaban J connectivity index is 1.69. The zero-order chi connectivity index (χ0) is 19.0. The van der Waals surface area contributed by atoms with Gasteiger partial charge in [0.1, 0.15) is 0 Å². The summed E-state index contributed by atoms with van der Waals surface area (Å²) in [5.74, 6) is 0. The van der Waals surface area contributed by atoms with Crippen LogP contribution in [0.5, 0.6) is 0 Å². The minimum Gasteiger partial charge on any atom is -0.337 e. The van der Waals surface area contributed by atoms with Crippen molar-refractivity contribution in [1.29, 1.82) is 0 Å². The van der Waals surface area contributed by atoms with E-state index in [0.717, 1.165) is 18.7 Å². The van der Waals surface area contributed by atoms with E-state index >= 15 is 0 Å². The SMILES string of the molecule is CN(CCNC(=O)NCc1cccc(C(F)(F)F)c1)Cc1ccccc1. The third-order valence-corrected chi connectivity index (χ3v) is 3.78. The first-order valence-corrected chi connectivity index (χ1v) is 8.25. The van der Waals surface area contributed by atoms with Gasteiger partial charge in [-0.3, -0.25) is 0 Å². The molecule has 2 rings (SSSR count). The van der Waals surface area contributed by atoms with Crippen LogP contribution < -0.4 is 10.6 Å². The van der Waals surface area contributed by atoms with E-state index in [2.05, 4.69) is 15.5 Å². The number of urea groups is 1. The molecule has 0 aliphatic rings. The third-order valence-electron chi connectivity index (χ3n) is 3.78. The number of amides is 2. The Kier molecular flexibility index (Phi) is 7.03. The maximum Gasteiger partial charge on any atom is 0.416 e. The van der Waals surface area contributed by atoms with E-state index < -0.39 is 17.8 Å². The van der Waals surface area contributed by atoms with Gasteiger partial charge >= 0.3 is 12.2 Å². The van der Waals surface area contributed by atoms with Crippen LogP contribution in [0.1, 0.15) is 16.7 Å². The van der Waals surface area contributed by atoms with E-state index in [9.17, 15) is 18.0 Å². The fraction of sp³-hybridized carbons (Fsp3) is 0.316. The highest BCUT2D eigenvalue weighted by Gasteiger charge is 2.30. The molecule has 0 unspecified atom stereocenters. The number of carbonyl (C=O) groups excluding carboxylic acids is 1. The van der Waals surface area contributed by atoms with Crippen LogP contribution in [0, 0.1) is 0 Å². The first-order chi connectivity index (χ1) is 12.3. The summed E-state index contributed by atoms with van der Waals surface area (Å²) in [6.45, 7) is 1.91. The van der Waals surface area contributed by atoms with Crippen LogP contribution in [0.4, 0.5) is 18.0 Å². The van der Waals surface area contributed by atoms with Gasteiger partial charge in [0.25, 0.3) is 0 Å². The molecule has 26 heavy (non-hydrogen) atoms. The number of carbonyl (C=O) groups is 1. The van der Waals surface area contributed by atoms with E-state index in [1.807, 2.05) is 37.4 Å². The van der Waals surface area contributed by atoms with Gasteiger partial charge in [-0.2, -0.15) is 13.2 Å². The number of alkyl halides is 3. The van der Waals surface area contributed by atoms with Gasteiger partial charge in [0.2, 0.25) is 0 Å². The Morgan fingerprint density at radius 2 is 1.69 bits per heavy atom. The molecular weight excluding hydrogens is 343 g/mol. The molecule has 0 heterocycles. The van der Waals surface area contributed by atoms with Crippen LogP contribution >= 0.6 is 0 Å². The van der Waals surface area contributed by atoms with Crippen LogP contribution in [-0.4, -0.2) is 31.1 Å². The van der Waals surface area contributed by atoms with Gasteiger partial charge in [-0.1, -0.05) is 42.5 Å². The van der Waals surface area contributed by atoms with E-state index in [1.54, 1.807) is 6.07 Å². The molecule has 4 nitrogen and oxygen atoms in total. The number of hydrogen-bond donors (Lipinski definition) is 2. The Labute approximate surface area is 151 Å². The quantitative estimate of drug-likeness (QED) is 0.787. The molecule has 0 atom stereocenters. The topological polar surface area (TPSA) is 44.4 Å². The first kappa shape index (κ1) is 19.8. The molecule has 2 aromatic rings. The summed E-state index contributed by atoms with van der Waals surface area (Å²) < 4.78 is 38.0. The maximum absolute atomic E-state index is 12.7. The molecule has 0 saturated heterocycles. The highest BCUT2D eigenvalue weighted by molar-refractivity contribution is 5.73. The average molecular weight is 365 g/mol. The predicted molar refractivity (Wildman–Crippen MR) is 94.5 cm³/mol. The lowest BCUT2D eigenvalue weighted by Gasteiger charge is -2.17. The molecule has 0 fully saturated rings. The second kappa shape index (κ2) is 9.24. The third kappa shape index (κ3) is 6.76. The van der Waals surface area contributed by atoms with Crippen LogP contribution in [0.3, 0.4) is 0 Å². The molecule has 140 valence electrons. The summed E-state index contributed by atoms with van der Waals surface area (Å²) in [5.41, 5.74) is 0.861. The first-order valence-electron chi connectivity index (χ1n) is 8.25. The van der Waals surface area contributed by atoms with E-state index in [-0.39, 0.29) is 6.54 Å². The summed E-state index contributed by atoms with van der Waals surface area (Å²) in [7, 11) is 1.95. The molecule has 0 aromatic heterocycles. The van der Waals surface area contributed by atoms with Gasteiger partial charge in [-0.25, -0.2) is 4.79 Å². The molecule has 2 N–H and O–H groups in total. The van der Waals surface area contributed by atoms with Gasteiger partial charge in [0.05, 0.1) is 5.56 Å². The summed E-state index contributed by atoms with van der Waals surface area (Å²) in [4.78, 5) is 13.8. The molecular formula is C19H22F3N3O. The molecule has 0 saturated carbocycles. The number of rotatable bonds is 7. The standard InChI is InChI=1S/C19H22F3N3O/c1-25(14-15-6-3-2-4-7-15)11-10-23-18(26)24-13-16-8-5-9-17(12-16)19(20,21)22/h2-9,12H,10-11,13-14H2,1H3,(H2,23,24,26). The van der Waals surface area contributed by atoms with Crippen LogP contribution in [0.15, 0.2) is 54.6 Å². The number of halogens is 3. The second-order valence-corrected chi connectivity index (χ2v) is 6.03. The molecule has 2 amide bonds. The lowest BCUT2D eigenvalue weighted by Crippen LogP contribution is -2.39. The van der Waals surface area contributed by atoms with Crippen molar-refractivity contribution < 1.29 is 18.0 Å². The number of nitrogens with zero attached hydrogens (tertiary/aromatic N) is 1. The normalized spacial score (nSPS) is 11.4. The molecule has 7 heteroatoms. The second-order valence-electron chi connectivity index (χ2n) is 6.03. The van der Waals surface area contributed by atoms with Crippen molar-refractivity contribution in [3.63, 3.8) is 0 Å². The monoisotopic (exact) mass is 365 g/mol. The lowest BCUT2D eigenvalue weighted by atomic mass is 10.1. The lowest BCUT2D eigenvalue weighted by molar-refractivity contribution is -0.137. The maximum atomic E-state index is 12.7.